The van der Waals surface area contributed by atoms with Gasteiger partial charge in [-0.25, -0.2) is 5.43 Å². The van der Waals surface area contributed by atoms with Gasteiger partial charge < -0.3 is 5.32 Å². The third-order valence-electron chi connectivity index (χ3n) is 3.00. The molecule has 0 atom stereocenters. The molecule has 2 amide bonds. The summed E-state index contributed by atoms with van der Waals surface area (Å²) in [5.74, 6) is -1.37. The van der Waals surface area contributed by atoms with Crippen LogP contribution in [0.25, 0.3) is 0 Å². The van der Waals surface area contributed by atoms with E-state index in [4.69, 9.17) is 0 Å². The maximum Gasteiger partial charge on any atom is 0.329 e. The van der Waals surface area contributed by atoms with Crippen LogP contribution in [-0.2, 0) is 16.1 Å². The Bertz CT molecular complexity index is 475. The highest BCUT2D eigenvalue weighted by Gasteiger charge is 2.14. The molecule has 2 rings (SSSR count). The summed E-state index contributed by atoms with van der Waals surface area (Å²) in [4.78, 5) is 23.0. The smallest absolute Gasteiger partial charge is 0.329 e. The fourth-order valence-corrected chi connectivity index (χ4v) is 1.93. The number of amides is 2. The molecule has 0 aromatic heterocycles. The summed E-state index contributed by atoms with van der Waals surface area (Å²) in [7, 11) is 0. The number of carbonyl (C=O) groups is 2. The van der Waals surface area contributed by atoms with E-state index in [1.165, 1.54) is 0 Å². The second-order valence-electron chi connectivity index (χ2n) is 4.49. The molecule has 100 valence electrons. The molecule has 5 nitrogen and oxygen atoms in total. The van der Waals surface area contributed by atoms with Crippen LogP contribution in [0.4, 0.5) is 0 Å². The minimum Gasteiger partial charge on any atom is -0.344 e. The van der Waals surface area contributed by atoms with Gasteiger partial charge in [-0.15, -0.1) is 0 Å². The van der Waals surface area contributed by atoms with E-state index in [9.17, 15) is 9.59 Å². The zero-order valence-electron chi connectivity index (χ0n) is 10.7. The molecule has 1 aliphatic rings. The van der Waals surface area contributed by atoms with Gasteiger partial charge in [0.2, 0.25) is 0 Å². The van der Waals surface area contributed by atoms with Crippen LogP contribution in [0, 0.1) is 0 Å². The standard InChI is InChI=1S/C14H17N3O2/c18-13(15-10-11-6-2-1-3-7-11)14(19)17-16-12-8-4-5-9-12/h1-3,6-7H,4-5,8-10H2,(H,15,18)(H,17,19). The summed E-state index contributed by atoms with van der Waals surface area (Å²) < 4.78 is 0. The highest BCUT2D eigenvalue weighted by atomic mass is 16.2. The van der Waals surface area contributed by atoms with Crippen molar-refractivity contribution in [2.75, 3.05) is 0 Å². The van der Waals surface area contributed by atoms with Crippen LogP contribution in [0.5, 0.6) is 0 Å². The first-order valence-electron chi connectivity index (χ1n) is 6.43. The monoisotopic (exact) mass is 259 g/mol. The zero-order chi connectivity index (χ0) is 13.5. The van der Waals surface area contributed by atoms with Gasteiger partial charge in [-0.2, -0.15) is 5.10 Å². The summed E-state index contributed by atoms with van der Waals surface area (Å²) in [5, 5.41) is 6.51. The van der Waals surface area contributed by atoms with Gasteiger partial charge in [0, 0.05) is 12.3 Å². The topological polar surface area (TPSA) is 70.6 Å². The van der Waals surface area contributed by atoms with Gasteiger partial charge in [-0.3, -0.25) is 9.59 Å². The number of carbonyl (C=O) groups excluding carboxylic acids is 2. The van der Waals surface area contributed by atoms with E-state index in [0.29, 0.717) is 6.54 Å². The van der Waals surface area contributed by atoms with Crippen molar-refractivity contribution in [3.8, 4) is 0 Å². The highest BCUT2D eigenvalue weighted by Crippen LogP contribution is 2.13. The van der Waals surface area contributed by atoms with Gasteiger partial charge in [0.25, 0.3) is 0 Å². The molecule has 0 spiro atoms. The van der Waals surface area contributed by atoms with Gasteiger partial charge in [-0.1, -0.05) is 30.3 Å². The Labute approximate surface area is 112 Å². The van der Waals surface area contributed by atoms with Crippen molar-refractivity contribution < 1.29 is 9.59 Å². The lowest BCUT2D eigenvalue weighted by Gasteiger charge is -2.04. The first-order chi connectivity index (χ1) is 9.25. The Morgan fingerprint density at radius 2 is 1.74 bits per heavy atom. The normalized spacial score (nSPS) is 14.0. The number of hydrogen-bond acceptors (Lipinski definition) is 3. The van der Waals surface area contributed by atoms with Gasteiger partial charge in [0.05, 0.1) is 0 Å². The van der Waals surface area contributed by atoms with Gasteiger partial charge in [0.15, 0.2) is 0 Å². The van der Waals surface area contributed by atoms with E-state index in [1.807, 2.05) is 30.3 Å². The zero-order valence-corrected chi connectivity index (χ0v) is 10.7. The van der Waals surface area contributed by atoms with Crippen LogP contribution in [0.15, 0.2) is 35.4 Å². The molecule has 1 aliphatic carbocycles. The Balaban J connectivity index is 1.76. The molecule has 1 aromatic carbocycles. The summed E-state index contributed by atoms with van der Waals surface area (Å²) in [6.07, 6.45) is 4.03. The van der Waals surface area contributed by atoms with Crippen molar-refractivity contribution in [3.63, 3.8) is 0 Å². The van der Waals surface area contributed by atoms with Crippen molar-refractivity contribution >= 4 is 17.5 Å². The van der Waals surface area contributed by atoms with E-state index >= 15 is 0 Å². The Morgan fingerprint density at radius 3 is 2.42 bits per heavy atom. The molecule has 0 unspecified atom stereocenters. The number of hydrazone groups is 1. The first kappa shape index (κ1) is 13.3. The third-order valence-corrected chi connectivity index (χ3v) is 3.00. The largest absolute Gasteiger partial charge is 0.344 e. The summed E-state index contributed by atoms with van der Waals surface area (Å²) in [6, 6.07) is 9.44. The van der Waals surface area contributed by atoms with Crippen molar-refractivity contribution in [1.82, 2.24) is 10.7 Å². The quantitative estimate of drug-likeness (QED) is 0.635. The van der Waals surface area contributed by atoms with Crippen LogP contribution in [-0.4, -0.2) is 17.5 Å². The minimum atomic E-state index is -0.713. The van der Waals surface area contributed by atoms with E-state index in [-0.39, 0.29) is 0 Å². The van der Waals surface area contributed by atoms with Crippen LogP contribution in [0.3, 0.4) is 0 Å². The van der Waals surface area contributed by atoms with E-state index in [1.54, 1.807) is 0 Å². The molecule has 5 heteroatoms. The molecule has 0 heterocycles. The highest BCUT2D eigenvalue weighted by molar-refractivity contribution is 6.35. The number of nitrogens with zero attached hydrogens (tertiary/aromatic N) is 1. The van der Waals surface area contributed by atoms with Gasteiger partial charge in [-0.05, 0) is 31.2 Å². The molecule has 1 aromatic rings. The SMILES string of the molecule is O=C(NCc1ccccc1)C(=O)NN=C1CCCC1. The van der Waals surface area contributed by atoms with Crippen molar-refractivity contribution in [2.24, 2.45) is 5.10 Å². The molecule has 1 saturated carbocycles. The summed E-state index contributed by atoms with van der Waals surface area (Å²) in [6.45, 7) is 0.337. The van der Waals surface area contributed by atoms with Gasteiger partial charge >= 0.3 is 11.8 Å². The molecule has 0 saturated heterocycles. The maximum absolute atomic E-state index is 11.5. The lowest BCUT2D eigenvalue weighted by atomic mass is 10.2. The number of nitrogens with one attached hydrogen (secondary N) is 2. The van der Waals surface area contributed by atoms with E-state index < -0.39 is 11.8 Å². The molecule has 1 fully saturated rings. The third kappa shape index (κ3) is 4.21. The lowest BCUT2D eigenvalue weighted by Crippen LogP contribution is -2.37. The second-order valence-corrected chi connectivity index (χ2v) is 4.49. The van der Waals surface area contributed by atoms with Crippen molar-refractivity contribution in [1.29, 1.82) is 0 Å². The number of benzene rings is 1. The predicted octanol–water partition coefficient (Wildman–Crippen LogP) is 1.35. The van der Waals surface area contributed by atoms with Crippen molar-refractivity contribution in [2.45, 2.75) is 32.2 Å². The average molecular weight is 259 g/mol. The fraction of sp³-hybridized carbons (Fsp3) is 0.357. The fourth-order valence-electron chi connectivity index (χ4n) is 1.93. The molecule has 0 aliphatic heterocycles. The molecule has 2 N–H and O–H groups in total. The molecular weight excluding hydrogens is 242 g/mol. The summed E-state index contributed by atoms with van der Waals surface area (Å²) in [5.41, 5.74) is 4.21. The Hall–Kier alpha value is -2.17. The minimum absolute atomic E-state index is 0.337. The summed E-state index contributed by atoms with van der Waals surface area (Å²) >= 11 is 0. The molecule has 0 radical (unpaired) electrons. The van der Waals surface area contributed by atoms with E-state index in [0.717, 1.165) is 37.0 Å². The lowest BCUT2D eigenvalue weighted by molar-refractivity contribution is -0.139. The van der Waals surface area contributed by atoms with Crippen LogP contribution >= 0.6 is 0 Å². The van der Waals surface area contributed by atoms with Gasteiger partial charge in [0.1, 0.15) is 0 Å². The first-order valence-corrected chi connectivity index (χ1v) is 6.43. The molecule has 0 bridgehead atoms. The average Bonchev–Trinajstić information content (AvgIpc) is 2.96. The molecule has 19 heavy (non-hydrogen) atoms. The number of hydrogen-bond donors (Lipinski definition) is 2. The predicted molar refractivity (Wildman–Crippen MR) is 72.3 cm³/mol. The van der Waals surface area contributed by atoms with E-state index in [2.05, 4.69) is 15.8 Å². The number of rotatable bonds is 3. The molecular formula is C14H17N3O2. The van der Waals surface area contributed by atoms with Crippen LogP contribution in [0.1, 0.15) is 31.2 Å². The van der Waals surface area contributed by atoms with Crippen LogP contribution < -0.4 is 10.7 Å². The Morgan fingerprint density at radius 1 is 1.05 bits per heavy atom. The second kappa shape index (κ2) is 6.68. The maximum atomic E-state index is 11.5. The van der Waals surface area contributed by atoms with Crippen molar-refractivity contribution in [3.05, 3.63) is 35.9 Å². The van der Waals surface area contributed by atoms with Crippen LogP contribution in [0.2, 0.25) is 0 Å². The Kier molecular flexibility index (Phi) is 4.66.